The summed E-state index contributed by atoms with van der Waals surface area (Å²) in [7, 11) is 0. The monoisotopic (exact) mass is 372 g/mol. The van der Waals surface area contributed by atoms with Crippen molar-refractivity contribution in [2.45, 2.75) is 6.42 Å². The molecule has 1 saturated heterocycles. The number of hydrogen-bond donors (Lipinski definition) is 2. The first-order chi connectivity index (χ1) is 12.5. The van der Waals surface area contributed by atoms with Crippen LogP contribution in [0.15, 0.2) is 52.0 Å². The highest BCUT2D eigenvalue weighted by Crippen LogP contribution is 2.31. The van der Waals surface area contributed by atoms with Gasteiger partial charge in [0.05, 0.1) is 11.2 Å². The smallest absolute Gasteiger partial charge is 0.294 e. The summed E-state index contributed by atoms with van der Waals surface area (Å²) in [5.41, 5.74) is 0.954. The van der Waals surface area contributed by atoms with Crippen molar-refractivity contribution >= 4 is 34.9 Å². The van der Waals surface area contributed by atoms with Gasteiger partial charge >= 0.3 is 0 Å². The zero-order valence-corrected chi connectivity index (χ0v) is 14.5. The molecule has 26 heavy (non-hydrogen) atoms. The van der Waals surface area contributed by atoms with Gasteiger partial charge in [-0.25, -0.2) is 0 Å². The van der Waals surface area contributed by atoms with E-state index in [4.69, 9.17) is 4.42 Å². The van der Waals surface area contributed by atoms with E-state index in [9.17, 15) is 19.5 Å². The first-order valence-electron chi connectivity index (χ1n) is 7.86. The summed E-state index contributed by atoms with van der Waals surface area (Å²) in [5.74, 6) is -0.274. The van der Waals surface area contributed by atoms with E-state index in [0.717, 1.165) is 22.2 Å². The Kier molecular flexibility index (Phi) is 5.43. The number of phenolic OH excluding ortho intramolecular Hbond substituents is 1. The molecule has 7 nitrogen and oxygen atoms in total. The van der Waals surface area contributed by atoms with Gasteiger partial charge in [-0.1, -0.05) is 12.1 Å². The van der Waals surface area contributed by atoms with Crippen LogP contribution in [0.5, 0.6) is 5.75 Å². The Balaban J connectivity index is 1.51. The van der Waals surface area contributed by atoms with E-state index < -0.39 is 17.1 Å². The molecule has 1 aliphatic heterocycles. The summed E-state index contributed by atoms with van der Waals surface area (Å²) in [4.78, 5) is 37.4. The number of nitrogens with zero attached hydrogens (tertiary/aromatic N) is 1. The van der Waals surface area contributed by atoms with Gasteiger partial charge in [0.25, 0.3) is 11.1 Å². The number of amides is 3. The molecule has 0 radical (unpaired) electrons. The van der Waals surface area contributed by atoms with Crippen LogP contribution in [0.25, 0.3) is 6.08 Å². The molecule has 0 aliphatic carbocycles. The fourth-order valence-electron chi connectivity index (χ4n) is 2.35. The van der Waals surface area contributed by atoms with Crippen molar-refractivity contribution in [3.63, 3.8) is 0 Å². The Morgan fingerprint density at radius 3 is 2.69 bits per heavy atom. The van der Waals surface area contributed by atoms with Crippen molar-refractivity contribution in [3.05, 3.63) is 58.9 Å². The first-order valence-corrected chi connectivity index (χ1v) is 8.68. The van der Waals surface area contributed by atoms with Crippen LogP contribution >= 0.6 is 11.8 Å². The van der Waals surface area contributed by atoms with Crippen LogP contribution in [0.2, 0.25) is 0 Å². The molecule has 1 fully saturated rings. The second kappa shape index (κ2) is 7.92. The van der Waals surface area contributed by atoms with E-state index in [1.54, 1.807) is 36.4 Å². The maximum absolute atomic E-state index is 12.3. The minimum atomic E-state index is -0.509. The van der Waals surface area contributed by atoms with Gasteiger partial charge in [-0.15, -0.1) is 0 Å². The summed E-state index contributed by atoms with van der Waals surface area (Å²) in [6.07, 6.45) is 3.53. The Labute approximate surface area is 153 Å². The second-order valence-electron chi connectivity index (χ2n) is 5.55. The van der Waals surface area contributed by atoms with Gasteiger partial charge in [0, 0.05) is 12.6 Å². The van der Waals surface area contributed by atoms with Crippen molar-refractivity contribution in [1.82, 2.24) is 10.2 Å². The minimum Gasteiger partial charge on any atom is -0.508 e. The molecule has 2 heterocycles. The third kappa shape index (κ3) is 4.34. The van der Waals surface area contributed by atoms with Crippen LogP contribution in [0, 0.1) is 0 Å². The number of rotatable bonds is 6. The molecule has 0 atom stereocenters. The SMILES string of the molecule is O=C(CN1C(=O)SC(=Cc2ccco2)C1=O)NCCc1ccc(O)cc1. The maximum atomic E-state index is 12.3. The van der Waals surface area contributed by atoms with E-state index in [1.807, 2.05) is 0 Å². The number of nitrogens with one attached hydrogen (secondary N) is 1. The van der Waals surface area contributed by atoms with E-state index in [2.05, 4.69) is 5.32 Å². The molecule has 0 bridgehead atoms. The van der Waals surface area contributed by atoms with E-state index in [0.29, 0.717) is 18.7 Å². The third-order valence-corrected chi connectivity index (χ3v) is 4.57. The average molecular weight is 372 g/mol. The number of furan rings is 1. The van der Waals surface area contributed by atoms with Crippen LogP contribution in [0.3, 0.4) is 0 Å². The Bertz CT molecular complexity index is 843. The Morgan fingerprint density at radius 2 is 2.00 bits per heavy atom. The van der Waals surface area contributed by atoms with Gasteiger partial charge in [0.15, 0.2) is 0 Å². The summed E-state index contributed by atoms with van der Waals surface area (Å²) in [6, 6.07) is 10.0. The predicted octanol–water partition coefficient (Wildman–Crippen LogP) is 2.38. The van der Waals surface area contributed by atoms with Crippen molar-refractivity contribution in [3.8, 4) is 5.75 Å². The lowest BCUT2D eigenvalue weighted by Crippen LogP contribution is -2.40. The van der Waals surface area contributed by atoms with Crippen molar-refractivity contribution in [2.75, 3.05) is 13.1 Å². The number of phenols is 1. The van der Waals surface area contributed by atoms with E-state index in [-0.39, 0.29) is 17.2 Å². The lowest BCUT2D eigenvalue weighted by Gasteiger charge is -2.12. The third-order valence-electron chi connectivity index (χ3n) is 3.66. The average Bonchev–Trinajstić information content (AvgIpc) is 3.21. The van der Waals surface area contributed by atoms with Crippen molar-refractivity contribution in [1.29, 1.82) is 0 Å². The molecule has 134 valence electrons. The molecule has 0 unspecified atom stereocenters. The van der Waals surface area contributed by atoms with Crippen molar-refractivity contribution < 1.29 is 23.9 Å². The highest BCUT2D eigenvalue weighted by molar-refractivity contribution is 8.18. The van der Waals surface area contributed by atoms with Crippen LogP contribution in [0.4, 0.5) is 4.79 Å². The summed E-state index contributed by atoms with van der Waals surface area (Å²) < 4.78 is 5.13. The van der Waals surface area contributed by atoms with Crippen LogP contribution < -0.4 is 5.32 Å². The number of carbonyl (C=O) groups excluding carboxylic acids is 3. The Hall–Kier alpha value is -3.00. The van der Waals surface area contributed by atoms with Crippen molar-refractivity contribution in [2.24, 2.45) is 0 Å². The summed E-state index contributed by atoms with van der Waals surface area (Å²) in [6.45, 7) is 0.0395. The molecular weight excluding hydrogens is 356 g/mol. The molecular formula is C18H16N2O5S. The quantitative estimate of drug-likeness (QED) is 0.755. The number of benzene rings is 1. The second-order valence-corrected chi connectivity index (χ2v) is 6.54. The van der Waals surface area contributed by atoms with Crippen LogP contribution in [-0.2, 0) is 16.0 Å². The molecule has 1 aromatic carbocycles. The van der Waals surface area contributed by atoms with Crippen LogP contribution in [-0.4, -0.2) is 40.1 Å². The van der Waals surface area contributed by atoms with Gasteiger partial charge in [-0.2, -0.15) is 0 Å². The fraction of sp³-hybridized carbons (Fsp3) is 0.167. The molecule has 2 aromatic rings. The van der Waals surface area contributed by atoms with Crippen LogP contribution in [0.1, 0.15) is 11.3 Å². The number of hydrogen-bond acceptors (Lipinski definition) is 6. The van der Waals surface area contributed by atoms with Gasteiger partial charge in [0.1, 0.15) is 18.1 Å². The van der Waals surface area contributed by atoms with Gasteiger partial charge in [0.2, 0.25) is 5.91 Å². The minimum absolute atomic E-state index is 0.180. The fourth-order valence-corrected chi connectivity index (χ4v) is 3.17. The topological polar surface area (TPSA) is 99.9 Å². The lowest BCUT2D eigenvalue weighted by molar-refractivity contribution is -0.129. The highest BCUT2D eigenvalue weighted by atomic mass is 32.2. The summed E-state index contributed by atoms with van der Waals surface area (Å²) in [5, 5.41) is 11.4. The van der Waals surface area contributed by atoms with Gasteiger partial charge in [-0.3, -0.25) is 19.3 Å². The molecule has 0 spiro atoms. The number of thioether (sulfide) groups is 1. The predicted molar refractivity (Wildman–Crippen MR) is 96.2 cm³/mol. The maximum Gasteiger partial charge on any atom is 0.294 e. The highest BCUT2D eigenvalue weighted by Gasteiger charge is 2.36. The molecule has 1 aliphatic rings. The van der Waals surface area contributed by atoms with E-state index in [1.165, 1.54) is 12.3 Å². The number of aromatic hydroxyl groups is 1. The molecule has 3 amide bonds. The summed E-state index contributed by atoms with van der Waals surface area (Å²) >= 11 is 0.779. The molecule has 3 rings (SSSR count). The standard InChI is InChI=1S/C18H16N2O5S/c21-13-5-3-12(4-6-13)7-8-19-16(22)11-20-17(23)15(26-18(20)24)10-14-2-1-9-25-14/h1-6,9-10,21H,7-8,11H2,(H,19,22). The number of imide groups is 1. The molecule has 8 heteroatoms. The zero-order chi connectivity index (χ0) is 18.5. The molecule has 0 saturated carbocycles. The first kappa shape index (κ1) is 17.8. The van der Waals surface area contributed by atoms with E-state index >= 15 is 0 Å². The Morgan fingerprint density at radius 1 is 1.23 bits per heavy atom. The zero-order valence-electron chi connectivity index (χ0n) is 13.7. The molecule has 1 aromatic heterocycles. The molecule has 2 N–H and O–H groups in total. The number of carbonyl (C=O) groups is 3. The van der Waals surface area contributed by atoms with Gasteiger partial charge < -0.3 is 14.8 Å². The normalized spacial score (nSPS) is 15.7. The lowest BCUT2D eigenvalue weighted by atomic mass is 10.1. The van der Waals surface area contributed by atoms with Gasteiger partial charge in [-0.05, 0) is 48.0 Å². The largest absolute Gasteiger partial charge is 0.508 e.